The van der Waals surface area contributed by atoms with Crippen LogP contribution in [0.3, 0.4) is 0 Å². The Morgan fingerprint density at radius 1 is 1.24 bits per heavy atom. The van der Waals surface area contributed by atoms with Crippen LogP contribution in [0.25, 0.3) is 32.8 Å². The maximum Gasteiger partial charge on any atom is 0.199 e. The summed E-state index contributed by atoms with van der Waals surface area (Å²) in [6.07, 6.45) is 0. The van der Waals surface area contributed by atoms with E-state index in [0.29, 0.717) is 27.5 Å². The van der Waals surface area contributed by atoms with Crippen LogP contribution >= 0.6 is 15.9 Å². The maximum atomic E-state index is 14.1. The van der Waals surface area contributed by atoms with Crippen LogP contribution in [0, 0.1) is 17.1 Å². The van der Waals surface area contributed by atoms with Crippen LogP contribution in [0.5, 0.6) is 0 Å². The first-order valence-corrected chi connectivity index (χ1v) is 8.60. The molecule has 124 valence electrons. The van der Waals surface area contributed by atoms with Gasteiger partial charge < -0.3 is 9.55 Å². The molecule has 2 aromatic carbocycles. The number of halogens is 2. The van der Waals surface area contributed by atoms with E-state index in [4.69, 9.17) is 5.26 Å². The third-order valence-corrected chi connectivity index (χ3v) is 5.04. The number of nitriles is 1. The summed E-state index contributed by atoms with van der Waals surface area (Å²) in [5, 5.41) is 10.9. The third kappa shape index (κ3) is 2.19. The van der Waals surface area contributed by atoms with Gasteiger partial charge in [0, 0.05) is 22.3 Å². The summed E-state index contributed by atoms with van der Waals surface area (Å²) < 4.78 is 16.3. The normalized spacial score (nSPS) is 11.7. The zero-order valence-corrected chi connectivity index (χ0v) is 15.1. The highest BCUT2D eigenvalue weighted by Crippen LogP contribution is 2.31. The Balaban J connectivity index is 2.33. The molecule has 2 heterocycles. The maximum absolute atomic E-state index is 14.1. The molecule has 0 spiro atoms. The summed E-state index contributed by atoms with van der Waals surface area (Å²) in [6, 6.07) is 10.2. The number of nitrogens with one attached hydrogen (secondary N) is 1. The molecule has 0 aliphatic rings. The monoisotopic (exact) mass is 397 g/mol. The number of pyridine rings is 1. The minimum Gasteiger partial charge on any atom is -0.340 e. The van der Waals surface area contributed by atoms with Gasteiger partial charge in [-0.05, 0) is 54.0 Å². The SMILES string of the molecule is CC(C)n1c2cc(F)c(Br)cc2c(=O)c2c3ccc(C#N)cc3[nH]c21. The topological polar surface area (TPSA) is 61.6 Å². The Labute approximate surface area is 150 Å². The molecule has 0 saturated heterocycles. The van der Waals surface area contributed by atoms with Crippen LogP contribution in [0.1, 0.15) is 25.5 Å². The van der Waals surface area contributed by atoms with Gasteiger partial charge in [0.2, 0.25) is 0 Å². The summed E-state index contributed by atoms with van der Waals surface area (Å²) in [5.74, 6) is -0.413. The Kier molecular flexibility index (Phi) is 3.44. The second-order valence-corrected chi connectivity index (χ2v) is 7.15. The van der Waals surface area contributed by atoms with E-state index >= 15 is 0 Å². The van der Waals surface area contributed by atoms with Gasteiger partial charge in [-0.1, -0.05) is 6.07 Å². The van der Waals surface area contributed by atoms with E-state index in [-0.39, 0.29) is 15.9 Å². The van der Waals surface area contributed by atoms with E-state index < -0.39 is 5.82 Å². The fourth-order valence-electron chi connectivity index (χ4n) is 3.37. The lowest BCUT2D eigenvalue weighted by Crippen LogP contribution is -2.13. The van der Waals surface area contributed by atoms with Crippen LogP contribution in [-0.4, -0.2) is 9.55 Å². The molecule has 0 amide bonds. The molecule has 2 aromatic heterocycles. The van der Waals surface area contributed by atoms with Crippen molar-refractivity contribution >= 4 is 48.8 Å². The van der Waals surface area contributed by atoms with Crippen molar-refractivity contribution in [2.24, 2.45) is 0 Å². The smallest absolute Gasteiger partial charge is 0.199 e. The van der Waals surface area contributed by atoms with Gasteiger partial charge in [-0.25, -0.2) is 4.39 Å². The number of benzene rings is 2. The molecule has 6 heteroatoms. The van der Waals surface area contributed by atoms with Crippen LogP contribution in [0.4, 0.5) is 4.39 Å². The van der Waals surface area contributed by atoms with Gasteiger partial charge in [-0.2, -0.15) is 5.26 Å². The predicted octanol–water partition coefficient (Wildman–Crippen LogP) is 4.99. The van der Waals surface area contributed by atoms with E-state index in [0.717, 1.165) is 10.9 Å². The molecule has 25 heavy (non-hydrogen) atoms. The molecule has 4 nitrogen and oxygen atoms in total. The van der Waals surface area contributed by atoms with Gasteiger partial charge in [0.05, 0.1) is 27.0 Å². The first-order valence-electron chi connectivity index (χ1n) is 7.81. The molecule has 0 fully saturated rings. The van der Waals surface area contributed by atoms with Crippen molar-refractivity contribution in [2.75, 3.05) is 0 Å². The Morgan fingerprint density at radius 3 is 2.68 bits per heavy atom. The van der Waals surface area contributed by atoms with Crippen molar-refractivity contribution in [3.8, 4) is 6.07 Å². The average Bonchev–Trinajstić information content (AvgIpc) is 2.94. The molecular weight excluding hydrogens is 385 g/mol. The van der Waals surface area contributed by atoms with Crippen LogP contribution in [-0.2, 0) is 0 Å². The van der Waals surface area contributed by atoms with Crippen LogP contribution in [0.15, 0.2) is 39.6 Å². The van der Waals surface area contributed by atoms with Crippen molar-refractivity contribution in [1.29, 1.82) is 5.26 Å². The van der Waals surface area contributed by atoms with Gasteiger partial charge in [-0.15, -0.1) is 0 Å². The first kappa shape index (κ1) is 15.9. The average molecular weight is 398 g/mol. The standard InChI is InChI=1S/C19H13BrFN3O/c1-9(2)24-16-7-14(21)13(20)6-12(16)18(25)17-11-4-3-10(8-22)5-15(11)23-19(17)24/h3-7,9,23H,1-2H3. The van der Waals surface area contributed by atoms with E-state index in [9.17, 15) is 9.18 Å². The third-order valence-electron chi connectivity index (χ3n) is 4.44. The first-order chi connectivity index (χ1) is 11.9. The predicted molar refractivity (Wildman–Crippen MR) is 100 cm³/mol. The van der Waals surface area contributed by atoms with E-state index in [2.05, 4.69) is 27.0 Å². The molecule has 0 aliphatic carbocycles. The minimum absolute atomic E-state index is 0.00896. The molecule has 4 aromatic rings. The fourth-order valence-corrected chi connectivity index (χ4v) is 3.72. The number of fused-ring (bicyclic) bond motifs is 4. The fraction of sp³-hybridized carbons (Fsp3) is 0.158. The van der Waals surface area contributed by atoms with Crippen LogP contribution in [0.2, 0.25) is 0 Å². The van der Waals surface area contributed by atoms with E-state index in [1.807, 2.05) is 18.4 Å². The van der Waals surface area contributed by atoms with Crippen molar-refractivity contribution in [1.82, 2.24) is 9.55 Å². The summed E-state index contributed by atoms with van der Waals surface area (Å²) in [6.45, 7) is 3.96. The molecule has 0 bridgehead atoms. The highest BCUT2D eigenvalue weighted by Gasteiger charge is 2.19. The zero-order valence-electron chi connectivity index (χ0n) is 13.5. The molecule has 1 N–H and O–H groups in total. The van der Waals surface area contributed by atoms with Gasteiger partial charge >= 0.3 is 0 Å². The molecular formula is C19H13BrFN3O. The number of hydrogen-bond donors (Lipinski definition) is 1. The number of aromatic amines is 1. The number of hydrogen-bond acceptors (Lipinski definition) is 2. The van der Waals surface area contributed by atoms with Crippen LogP contribution < -0.4 is 5.43 Å². The molecule has 0 radical (unpaired) electrons. The Bertz CT molecular complexity index is 1280. The number of nitrogens with zero attached hydrogens (tertiary/aromatic N) is 2. The Morgan fingerprint density at radius 2 is 2.00 bits per heavy atom. The summed E-state index contributed by atoms with van der Waals surface area (Å²) >= 11 is 3.17. The summed E-state index contributed by atoms with van der Waals surface area (Å²) in [7, 11) is 0. The Hall–Kier alpha value is -2.65. The van der Waals surface area contributed by atoms with Crippen molar-refractivity contribution in [2.45, 2.75) is 19.9 Å². The van der Waals surface area contributed by atoms with Gasteiger partial charge in [0.25, 0.3) is 0 Å². The lowest BCUT2D eigenvalue weighted by Gasteiger charge is -2.17. The van der Waals surface area contributed by atoms with Gasteiger partial charge in [0.15, 0.2) is 5.43 Å². The quantitative estimate of drug-likeness (QED) is 0.491. The van der Waals surface area contributed by atoms with Gasteiger partial charge in [0.1, 0.15) is 11.5 Å². The molecule has 0 atom stereocenters. The lowest BCUT2D eigenvalue weighted by molar-refractivity contribution is 0.612. The minimum atomic E-state index is -0.413. The zero-order chi connectivity index (χ0) is 17.9. The second-order valence-electron chi connectivity index (χ2n) is 6.30. The second kappa shape index (κ2) is 5.43. The number of rotatable bonds is 1. The molecule has 4 rings (SSSR count). The summed E-state index contributed by atoms with van der Waals surface area (Å²) in [4.78, 5) is 16.4. The largest absolute Gasteiger partial charge is 0.340 e. The van der Waals surface area contributed by atoms with Gasteiger partial charge in [-0.3, -0.25) is 4.79 Å². The van der Waals surface area contributed by atoms with Crippen molar-refractivity contribution in [3.05, 3.63) is 56.4 Å². The molecule has 0 aliphatic heterocycles. The van der Waals surface area contributed by atoms with Crippen molar-refractivity contribution in [3.63, 3.8) is 0 Å². The molecule has 0 saturated carbocycles. The van der Waals surface area contributed by atoms with E-state index in [1.165, 1.54) is 12.1 Å². The lowest BCUT2D eigenvalue weighted by atomic mass is 10.1. The number of H-pyrrole nitrogens is 1. The summed E-state index contributed by atoms with van der Waals surface area (Å²) in [5.41, 5.74) is 2.26. The highest BCUT2D eigenvalue weighted by molar-refractivity contribution is 9.10. The number of aromatic nitrogens is 2. The van der Waals surface area contributed by atoms with Crippen molar-refractivity contribution < 1.29 is 4.39 Å². The highest BCUT2D eigenvalue weighted by atomic mass is 79.9. The molecule has 0 unspecified atom stereocenters. The van der Waals surface area contributed by atoms with E-state index in [1.54, 1.807) is 18.2 Å².